The van der Waals surface area contributed by atoms with E-state index >= 15 is 0 Å². The van der Waals surface area contributed by atoms with Gasteiger partial charge in [-0.3, -0.25) is 0 Å². The summed E-state index contributed by atoms with van der Waals surface area (Å²) >= 11 is 6.15. The maximum absolute atomic E-state index is 10.8. The van der Waals surface area contributed by atoms with E-state index in [1.54, 1.807) is 18.2 Å². The summed E-state index contributed by atoms with van der Waals surface area (Å²) in [6, 6.07) is 5.23. The largest absolute Gasteiger partial charge is 0.479 e. The lowest BCUT2D eigenvalue weighted by Gasteiger charge is -2.22. The van der Waals surface area contributed by atoms with Gasteiger partial charge in [-0.2, -0.15) is 0 Å². The number of aliphatic carboxylic acids is 1. The molecule has 1 aromatic rings. The molecule has 0 amide bonds. The van der Waals surface area contributed by atoms with Crippen LogP contribution in [0.15, 0.2) is 18.2 Å². The molecule has 0 bridgehead atoms. The molecule has 5 heteroatoms. The molecule has 0 fully saturated rings. The molecule has 1 rings (SSSR count). The standard InChI is InChI=1S/C14H20ClNO3/c1-9(13(17)18)19-12-7-5-6-11(15)10(12)8-16-14(2,3)4/h5-7,9,16H,8H2,1-4H3,(H,17,18). The van der Waals surface area contributed by atoms with E-state index in [0.717, 1.165) is 5.56 Å². The van der Waals surface area contributed by atoms with Gasteiger partial charge in [0.15, 0.2) is 6.10 Å². The van der Waals surface area contributed by atoms with E-state index in [1.165, 1.54) is 6.92 Å². The van der Waals surface area contributed by atoms with E-state index < -0.39 is 12.1 Å². The highest BCUT2D eigenvalue weighted by Crippen LogP contribution is 2.27. The minimum absolute atomic E-state index is 0.0607. The summed E-state index contributed by atoms with van der Waals surface area (Å²) in [7, 11) is 0. The van der Waals surface area contributed by atoms with Crippen molar-refractivity contribution in [3.63, 3.8) is 0 Å². The molecule has 0 spiro atoms. The third-order valence-corrected chi connectivity index (χ3v) is 2.88. The Bertz CT molecular complexity index is 454. The number of benzene rings is 1. The van der Waals surface area contributed by atoms with Crippen LogP contribution in [-0.2, 0) is 11.3 Å². The van der Waals surface area contributed by atoms with Gasteiger partial charge in [-0.25, -0.2) is 4.79 Å². The van der Waals surface area contributed by atoms with Gasteiger partial charge >= 0.3 is 5.97 Å². The fourth-order valence-corrected chi connectivity index (χ4v) is 1.65. The highest BCUT2D eigenvalue weighted by molar-refractivity contribution is 6.31. The number of hydrogen-bond acceptors (Lipinski definition) is 3. The molecule has 0 aromatic heterocycles. The quantitative estimate of drug-likeness (QED) is 0.873. The van der Waals surface area contributed by atoms with Crippen LogP contribution in [0.3, 0.4) is 0 Å². The summed E-state index contributed by atoms with van der Waals surface area (Å²) in [4.78, 5) is 10.8. The second kappa shape index (κ2) is 6.26. The van der Waals surface area contributed by atoms with Gasteiger partial charge in [0, 0.05) is 22.7 Å². The summed E-state index contributed by atoms with van der Waals surface area (Å²) in [5, 5.41) is 12.8. The SMILES string of the molecule is CC(Oc1cccc(Cl)c1CNC(C)(C)C)C(=O)O. The monoisotopic (exact) mass is 285 g/mol. The number of halogens is 1. The number of carbonyl (C=O) groups is 1. The fraction of sp³-hybridized carbons (Fsp3) is 0.500. The van der Waals surface area contributed by atoms with Crippen LogP contribution in [0.2, 0.25) is 5.02 Å². The zero-order valence-electron chi connectivity index (χ0n) is 11.7. The van der Waals surface area contributed by atoms with Crippen molar-refractivity contribution < 1.29 is 14.6 Å². The molecule has 1 unspecified atom stereocenters. The molecule has 1 atom stereocenters. The van der Waals surface area contributed by atoms with Gasteiger partial charge in [0.05, 0.1) is 0 Å². The Hall–Kier alpha value is -1.26. The zero-order chi connectivity index (χ0) is 14.6. The second-order valence-electron chi connectivity index (χ2n) is 5.42. The molecule has 0 saturated heterocycles. The number of ether oxygens (including phenoxy) is 1. The second-order valence-corrected chi connectivity index (χ2v) is 5.83. The maximum Gasteiger partial charge on any atom is 0.344 e. The average molecular weight is 286 g/mol. The first-order valence-corrected chi connectivity index (χ1v) is 6.50. The van der Waals surface area contributed by atoms with Gasteiger partial charge < -0.3 is 15.2 Å². The first-order chi connectivity index (χ1) is 8.70. The van der Waals surface area contributed by atoms with Crippen molar-refractivity contribution in [2.24, 2.45) is 0 Å². The number of carboxylic acid groups (broad SMARTS) is 1. The third kappa shape index (κ3) is 5.09. The highest BCUT2D eigenvalue weighted by Gasteiger charge is 2.17. The molecule has 0 saturated carbocycles. The maximum atomic E-state index is 10.8. The number of nitrogens with one attached hydrogen (secondary N) is 1. The molecule has 2 N–H and O–H groups in total. The summed E-state index contributed by atoms with van der Waals surface area (Å²) in [6.07, 6.45) is -0.910. The van der Waals surface area contributed by atoms with Crippen molar-refractivity contribution in [2.45, 2.75) is 45.9 Å². The smallest absolute Gasteiger partial charge is 0.344 e. The lowest BCUT2D eigenvalue weighted by molar-refractivity contribution is -0.144. The van der Waals surface area contributed by atoms with Crippen molar-refractivity contribution in [2.75, 3.05) is 0 Å². The molecule has 106 valence electrons. The number of rotatable bonds is 5. The Morgan fingerprint density at radius 2 is 2.11 bits per heavy atom. The van der Waals surface area contributed by atoms with Gasteiger partial charge in [0.2, 0.25) is 0 Å². The van der Waals surface area contributed by atoms with E-state index in [1.807, 2.05) is 20.8 Å². The Labute approximate surface area is 118 Å². The highest BCUT2D eigenvalue weighted by atomic mass is 35.5. The van der Waals surface area contributed by atoms with Gasteiger partial charge in [-0.1, -0.05) is 17.7 Å². The summed E-state index contributed by atoms with van der Waals surface area (Å²) in [5.74, 6) is -0.506. The van der Waals surface area contributed by atoms with E-state index in [9.17, 15) is 4.79 Å². The molecular formula is C14H20ClNO3. The van der Waals surface area contributed by atoms with Crippen molar-refractivity contribution in [1.29, 1.82) is 0 Å². The Morgan fingerprint density at radius 3 is 2.63 bits per heavy atom. The van der Waals surface area contributed by atoms with Crippen LogP contribution in [0.5, 0.6) is 5.75 Å². The molecule has 19 heavy (non-hydrogen) atoms. The Morgan fingerprint density at radius 1 is 1.47 bits per heavy atom. The van der Waals surface area contributed by atoms with Gasteiger partial charge in [0.25, 0.3) is 0 Å². The van der Waals surface area contributed by atoms with E-state index in [2.05, 4.69) is 5.32 Å². The fourth-order valence-electron chi connectivity index (χ4n) is 1.42. The third-order valence-electron chi connectivity index (χ3n) is 2.52. The minimum atomic E-state index is -1.00. The molecule has 0 aliphatic carbocycles. The van der Waals surface area contributed by atoms with Gasteiger partial charge in [0.1, 0.15) is 5.75 Å². The first-order valence-electron chi connectivity index (χ1n) is 6.12. The minimum Gasteiger partial charge on any atom is -0.479 e. The van der Waals surface area contributed by atoms with Crippen molar-refractivity contribution >= 4 is 17.6 Å². The predicted molar refractivity (Wildman–Crippen MR) is 75.8 cm³/mol. The zero-order valence-corrected chi connectivity index (χ0v) is 12.4. The first kappa shape index (κ1) is 15.8. The van der Waals surface area contributed by atoms with Crippen molar-refractivity contribution in [1.82, 2.24) is 5.32 Å². The van der Waals surface area contributed by atoms with Crippen LogP contribution in [0.4, 0.5) is 0 Å². The van der Waals surface area contributed by atoms with Crippen molar-refractivity contribution in [3.8, 4) is 5.75 Å². The number of hydrogen-bond donors (Lipinski definition) is 2. The van der Waals surface area contributed by atoms with E-state index in [-0.39, 0.29) is 5.54 Å². The van der Waals surface area contributed by atoms with Gasteiger partial charge in [-0.15, -0.1) is 0 Å². The molecular weight excluding hydrogens is 266 g/mol. The molecule has 4 nitrogen and oxygen atoms in total. The topological polar surface area (TPSA) is 58.6 Å². The molecule has 1 aromatic carbocycles. The molecule has 0 radical (unpaired) electrons. The Kier molecular flexibility index (Phi) is 5.20. The van der Waals surface area contributed by atoms with Crippen LogP contribution in [0, 0.1) is 0 Å². The predicted octanol–water partition coefficient (Wildman–Crippen LogP) is 3.08. The van der Waals surface area contributed by atoms with Crippen LogP contribution in [-0.4, -0.2) is 22.7 Å². The van der Waals surface area contributed by atoms with Gasteiger partial charge in [-0.05, 0) is 39.8 Å². The van der Waals surface area contributed by atoms with E-state index in [0.29, 0.717) is 17.3 Å². The van der Waals surface area contributed by atoms with Crippen molar-refractivity contribution in [3.05, 3.63) is 28.8 Å². The molecule has 0 aliphatic rings. The van der Waals surface area contributed by atoms with Crippen LogP contribution in [0.1, 0.15) is 33.3 Å². The normalized spacial score (nSPS) is 13.1. The summed E-state index contributed by atoms with van der Waals surface area (Å²) < 4.78 is 5.43. The lowest BCUT2D eigenvalue weighted by Crippen LogP contribution is -2.35. The summed E-state index contributed by atoms with van der Waals surface area (Å²) in [6.45, 7) is 8.15. The molecule has 0 aliphatic heterocycles. The van der Waals surface area contributed by atoms with E-state index in [4.69, 9.17) is 21.4 Å². The Balaban J connectivity index is 2.92. The van der Waals surface area contributed by atoms with Crippen LogP contribution in [0.25, 0.3) is 0 Å². The van der Waals surface area contributed by atoms with Crippen LogP contribution < -0.4 is 10.1 Å². The lowest BCUT2D eigenvalue weighted by atomic mass is 10.1. The average Bonchev–Trinajstić information content (AvgIpc) is 2.26. The number of carboxylic acids is 1. The van der Waals surface area contributed by atoms with Crippen LogP contribution >= 0.6 is 11.6 Å². The summed E-state index contributed by atoms with van der Waals surface area (Å²) in [5.41, 5.74) is 0.710. The molecule has 0 heterocycles.